The molecule has 2 amide bonds. The molecule has 7 nitrogen and oxygen atoms in total. The number of carbonyl (C=O) groups is 2. The van der Waals surface area contributed by atoms with Crippen LogP contribution in [0.25, 0.3) is 0 Å². The standard InChI is InChI=1S/C22H35F2N5O2S/c1-28-5-2-12(3-6-28)20(30)27-22-26-16-4-7-29(11-19(16)32-22)21(31)18-10-14-15(24)8-13(23)9-17(14)25-18/h12-19,22,25-26H,2-11H2,1H3,(H,27,30). The summed E-state index contributed by atoms with van der Waals surface area (Å²) < 4.78 is 28.0. The number of likely N-dealkylation sites (tertiary alicyclic amines) is 2. The van der Waals surface area contributed by atoms with Gasteiger partial charge in [0.25, 0.3) is 0 Å². The molecule has 4 saturated heterocycles. The van der Waals surface area contributed by atoms with Crippen LogP contribution >= 0.6 is 11.8 Å². The van der Waals surface area contributed by atoms with Gasteiger partial charge in [-0.2, -0.15) is 0 Å². The number of alkyl halides is 2. The number of amides is 2. The highest BCUT2D eigenvalue weighted by molar-refractivity contribution is 8.00. The van der Waals surface area contributed by atoms with Crippen molar-refractivity contribution in [2.45, 2.75) is 79.7 Å². The van der Waals surface area contributed by atoms with Crippen molar-refractivity contribution in [1.82, 2.24) is 25.8 Å². The maximum absolute atomic E-state index is 14.3. The summed E-state index contributed by atoms with van der Waals surface area (Å²) in [5, 5.41) is 10.1. The molecule has 0 spiro atoms. The lowest BCUT2D eigenvalue weighted by Gasteiger charge is -2.35. The second-order valence-electron chi connectivity index (χ2n) is 10.3. The van der Waals surface area contributed by atoms with Gasteiger partial charge in [-0.15, -0.1) is 11.8 Å². The van der Waals surface area contributed by atoms with E-state index in [4.69, 9.17) is 0 Å². The van der Waals surface area contributed by atoms with Crippen molar-refractivity contribution < 1.29 is 18.4 Å². The average molecular weight is 472 g/mol. The molecule has 10 heteroatoms. The van der Waals surface area contributed by atoms with Crippen molar-refractivity contribution in [1.29, 1.82) is 0 Å². The summed E-state index contributed by atoms with van der Waals surface area (Å²) in [6, 6.07) is -0.375. The quantitative estimate of drug-likeness (QED) is 0.567. The molecule has 0 bridgehead atoms. The Morgan fingerprint density at radius 1 is 1.00 bits per heavy atom. The van der Waals surface area contributed by atoms with Crippen LogP contribution in [0.5, 0.6) is 0 Å². The fraction of sp³-hybridized carbons (Fsp3) is 0.909. The van der Waals surface area contributed by atoms with Gasteiger partial charge in [-0.05, 0) is 52.2 Å². The largest absolute Gasteiger partial charge is 0.340 e. The SMILES string of the molecule is CN1CCC(C(=O)NC2NC3CCN(C(=O)C4CC5C(F)CC(F)CC5N4)CC3S2)CC1. The van der Waals surface area contributed by atoms with Crippen LogP contribution in [0.1, 0.15) is 38.5 Å². The number of rotatable bonds is 3. The highest BCUT2D eigenvalue weighted by atomic mass is 32.2. The van der Waals surface area contributed by atoms with E-state index in [9.17, 15) is 18.4 Å². The lowest BCUT2D eigenvalue weighted by molar-refractivity contribution is -0.134. The first-order chi connectivity index (χ1) is 15.4. The Labute approximate surface area is 192 Å². The topological polar surface area (TPSA) is 76.7 Å². The third kappa shape index (κ3) is 4.65. The second kappa shape index (κ2) is 9.35. The van der Waals surface area contributed by atoms with Crippen LogP contribution in [-0.2, 0) is 9.59 Å². The van der Waals surface area contributed by atoms with E-state index < -0.39 is 18.4 Å². The van der Waals surface area contributed by atoms with E-state index >= 15 is 0 Å². The van der Waals surface area contributed by atoms with Gasteiger partial charge in [-0.3, -0.25) is 14.9 Å². The number of hydrogen-bond acceptors (Lipinski definition) is 6. The Morgan fingerprint density at radius 2 is 1.78 bits per heavy atom. The molecule has 0 aromatic carbocycles. The van der Waals surface area contributed by atoms with Gasteiger partial charge in [0.1, 0.15) is 17.8 Å². The predicted molar refractivity (Wildman–Crippen MR) is 119 cm³/mol. The summed E-state index contributed by atoms with van der Waals surface area (Å²) in [5.41, 5.74) is -0.117. The highest BCUT2D eigenvalue weighted by Gasteiger charge is 2.48. The van der Waals surface area contributed by atoms with E-state index in [0.29, 0.717) is 25.9 Å². The van der Waals surface area contributed by atoms with E-state index in [-0.39, 0.29) is 52.9 Å². The van der Waals surface area contributed by atoms with Crippen LogP contribution in [0.4, 0.5) is 8.78 Å². The molecule has 5 aliphatic rings. The molecule has 0 aromatic rings. The molecule has 180 valence electrons. The Balaban J connectivity index is 1.12. The fourth-order valence-corrected chi connectivity index (χ4v) is 7.62. The van der Waals surface area contributed by atoms with Crippen LogP contribution < -0.4 is 16.0 Å². The highest BCUT2D eigenvalue weighted by Crippen LogP contribution is 2.38. The zero-order valence-electron chi connectivity index (χ0n) is 18.6. The van der Waals surface area contributed by atoms with Gasteiger partial charge in [0.05, 0.1) is 6.04 Å². The van der Waals surface area contributed by atoms with Gasteiger partial charge in [0.2, 0.25) is 11.8 Å². The van der Waals surface area contributed by atoms with Gasteiger partial charge < -0.3 is 20.4 Å². The predicted octanol–water partition coefficient (Wildman–Crippen LogP) is 0.851. The molecule has 1 saturated carbocycles. The Kier molecular flexibility index (Phi) is 6.66. The number of fused-ring (bicyclic) bond motifs is 2. The molecule has 0 radical (unpaired) electrons. The van der Waals surface area contributed by atoms with Crippen LogP contribution in [0, 0.1) is 11.8 Å². The number of carbonyl (C=O) groups excluding carboxylic acids is 2. The van der Waals surface area contributed by atoms with E-state index in [0.717, 1.165) is 32.4 Å². The van der Waals surface area contributed by atoms with Crippen molar-refractivity contribution in [3.05, 3.63) is 0 Å². The van der Waals surface area contributed by atoms with Crippen molar-refractivity contribution in [3.8, 4) is 0 Å². The Hall–Kier alpha value is -0.970. The Bertz CT molecular complexity index is 724. The second-order valence-corrected chi connectivity index (χ2v) is 11.6. The summed E-state index contributed by atoms with van der Waals surface area (Å²) in [4.78, 5) is 30.0. The van der Waals surface area contributed by atoms with Crippen LogP contribution in [0.3, 0.4) is 0 Å². The molecule has 8 unspecified atom stereocenters. The van der Waals surface area contributed by atoms with Gasteiger partial charge in [0.15, 0.2) is 0 Å². The first kappa shape index (κ1) is 22.8. The Morgan fingerprint density at radius 3 is 2.56 bits per heavy atom. The molecule has 4 aliphatic heterocycles. The van der Waals surface area contributed by atoms with Crippen molar-refractivity contribution in [3.63, 3.8) is 0 Å². The van der Waals surface area contributed by atoms with E-state index in [2.05, 4.69) is 27.9 Å². The molecule has 32 heavy (non-hydrogen) atoms. The minimum Gasteiger partial charge on any atom is -0.340 e. The van der Waals surface area contributed by atoms with Gasteiger partial charge in [-0.1, -0.05) is 0 Å². The molecule has 5 fully saturated rings. The number of thioether (sulfide) groups is 1. The monoisotopic (exact) mass is 471 g/mol. The maximum atomic E-state index is 14.3. The fourth-order valence-electron chi connectivity index (χ4n) is 6.16. The third-order valence-corrected chi connectivity index (χ3v) is 9.46. The number of nitrogens with zero attached hydrogens (tertiary/aromatic N) is 2. The first-order valence-electron chi connectivity index (χ1n) is 12.1. The molecule has 4 heterocycles. The number of nitrogens with one attached hydrogen (secondary N) is 3. The van der Waals surface area contributed by atoms with Crippen molar-refractivity contribution in [2.75, 3.05) is 33.2 Å². The molecule has 3 N–H and O–H groups in total. The van der Waals surface area contributed by atoms with Crippen molar-refractivity contribution in [2.24, 2.45) is 11.8 Å². The number of hydrogen-bond donors (Lipinski definition) is 3. The summed E-state index contributed by atoms with van der Waals surface area (Å²) in [6.45, 7) is 3.19. The lowest BCUT2D eigenvalue weighted by atomic mass is 9.82. The number of piperidine rings is 2. The van der Waals surface area contributed by atoms with E-state index in [1.165, 1.54) is 0 Å². The van der Waals surface area contributed by atoms with Crippen LogP contribution in [0.15, 0.2) is 0 Å². The summed E-state index contributed by atoms with van der Waals surface area (Å²) in [7, 11) is 2.09. The number of halogens is 2. The molecular weight excluding hydrogens is 436 g/mol. The first-order valence-corrected chi connectivity index (χ1v) is 13.0. The van der Waals surface area contributed by atoms with Crippen LogP contribution in [-0.4, -0.2) is 96.1 Å². The van der Waals surface area contributed by atoms with Gasteiger partial charge in [-0.25, -0.2) is 8.78 Å². The molecular formula is C22H35F2N5O2S. The summed E-state index contributed by atoms with van der Waals surface area (Å²) >= 11 is 1.69. The van der Waals surface area contributed by atoms with Gasteiger partial charge >= 0.3 is 0 Å². The van der Waals surface area contributed by atoms with Gasteiger partial charge in [0, 0.05) is 48.7 Å². The normalized spacial score (nSPS) is 43.0. The minimum atomic E-state index is -1.16. The maximum Gasteiger partial charge on any atom is 0.239 e. The smallest absolute Gasteiger partial charge is 0.239 e. The third-order valence-electron chi connectivity index (χ3n) is 8.10. The lowest BCUT2D eigenvalue weighted by Crippen LogP contribution is -2.54. The molecule has 1 aliphatic carbocycles. The van der Waals surface area contributed by atoms with Crippen molar-refractivity contribution >= 4 is 23.6 Å². The summed E-state index contributed by atoms with van der Waals surface area (Å²) in [6.07, 6.45) is 1.07. The van der Waals surface area contributed by atoms with E-state index in [1.54, 1.807) is 11.8 Å². The molecule has 5 rings (SSSR count). The molecule has 8 atom stereocenters. The average Bonchev–Trinajstić information content (AvgIpc) is 3.36. The molecule has 0 aromatic heterocycles. The zero-order chi connectivity index (χ0) is 22.4. The van der Waals surface area contributed by atoms with E-state index in [1.807, 2.05) is 4.90 Å². The zero-order valence-corrected chi connectivity index (χ0v) is 19.5. The van der Waals surface area contributed by atoms with Crippen LogP contribution in [0.2, 0.25) is 0 Å². The minimum absolute atomic E-state index is 0.0138. The summed E-state index contributed by atoms with van der Waals surface area (Å²) in [5.74, 6) is -0.0380.